The minimum atomic E-state index is -3.60. The normalized spacial score (nSPS) is 20.6. The standard InChI is InChI=1S/C18H22N6O2S/c1-14-3-6-17(23-10-2-9-20-23)11-18(14)27(25,26)22-15-4-7-16(8-5-15)24-13-19-12-21-24/h2-3,6,9-13,15-16,22H,4-5,7-8H2,1H3. The molecule has 0 amide bonds. The van der Waals surface area contributed by atoms with Crippen molar-refractivity contribution >= 4 is 10.0 Å². The molecule has 0 aliphatic heterocycles. The number of nitrogens with one attached hydrogen (secondary N) is 1. The second-order valence-corrected chi connectivity index (χ2v) is 8.59. The molecule has 4 rings (SSSR count). The molecule has 1 aliphatic carbocycles. The zero-order valence-corrected chi connectivity index (χ0v) is 15.9. The highest BCUT2D eigenvalue weighted by atomic mass is 32.2. The van der Waals surface area contributed by atoms with Gasteiger partial charge in [0.05, 0.1) is 16.6 Å². The highest BCUT2D eigenvalue weighted by Crippen LogP contribution is 2.29. The van der Waals surface area contributed by atoms with Crippen molar-refractivity contribution in [2.75, 3.05) is 0 Å². The van der Waals surface area contributed by atoms with Gasteiger partial charge in [-0.3, -0.25) is 0 Å². The Bertz CT molecular complexity index is 991. The Balaban J connectivity index is 1.48. The summed E-state index contributed by atoms with van der Waals surface area (Å²) >= 11 is 0. The van der Waals surface area contributed by atoms with Gasteiger partial charge in [0.1, 0.15) is 12.7 Å². The molecule has 1 aliphatic rings. The molecule has 3 aromatic rings. The smallest absolute Gasteiger partial charge is 0.241 e. The van der Waals surface area contributed by atoms with Gasteiger partial charge >= 0.3 is 0 Å². The van der Waals surface area contributed by atoms with Gasteiger partial charge in [0.2, 0.25) is 10.0 Å². The van der Waals surface area contributed by atoms with E-state index in [1.165, 1.54) is 6.33 Å². The molecule has 142 valence electrons. The van der Waals surface area contributed by atoms with Crippen LogP contribution in [-0.2, 0) is 10.0 Å². The summed E-state index contributed by atoms with van der Waals surface area (Å²) in [5.41, 5.74) is 1.44. The SMILES string of the molecule is Cc1ccc(-n2cccn2)cc1S(=O)(=O)NC1CCC(n2cncn2)CC1. The molecule has 0 atom stereocenters. The fourth-order valence-corrected chi connectivity index (χ4v) is 5.16. The topological polar surface area (TPSA) is 94.7 Å². The van der Waals surface area contributed by atoms with Crippen molar-refractivity contribution in [1.29, 1.82) is 0 Å². The third-order valence-corrected chi connectivity index (χ3v) is 6.72. The minimum absolute atomic E-state index is 0.0671. The predicted octanol–water partition coefficient (Wildman–Crippen LogP) is 2.23. The quantitative estimate of drug-likeness (QED) is 0.726. The minimum Gasteiger partial charge on any atom is -0.250 e. The number of nitrogens with zero attached hydrogens (tertiary/aromatic N) is 5. The van der Waals surface area contributed by atoms with Crippen LogP contribution in [0.5, 0.6) is 0 Å². The fourth-order valence-electron chi connectivity index (χ4n) is 3.59. The lowest BCUT2D eigenvalue weighted by Crippen LogP contribution is -2.38. The van der Waals surface area contributed by atoms with E-state index in [9.17, 15) is 8.42 Å². The van der Waals surface area contributed by atoms with Crippen LogP contribution >= 0.6 is 0 Å². The number of hydrogen-bond donors (Lipinski definition) is 1. The van der Waals surface area contributed by atoms with Crippen molar-refractivity contribution in [3.63, 3.8) is 0 Å². The summed E-state index contributed by atoms with van der Waals surface area (Å²) in [5, 5.41) is 8.37. The van der Waals surface area contributed by atoms with Crippen molar-refractivity contribution in [2.45, 2.75) is 49.6 Å². The largest absolute Gasteiger partial charge is 0.250 e. The van der Waals surface area contributed by atoms with Crippen LogP contribution in [0.4, 0.5) is 0 Å². The lowest BCUT2D eigenvalue weighted by Gasteiger charge is -2.29. The Morgan fingerprint density at radius 3 is 2.63 bits per heavy atom. The highest BCUT2D eigenvalue weighted by molar-refractivity contribution is 7.89. The molecule has 0 unspecified atom stereocenters. The summed E-state index contributed by atoms with van der Waals surface area (Å²) in [7, 11) is -3.60. The molecule has 0 spiro atoms. The molecular weight excluding hydrogens is 364 g/mol. The summed E-state index contributed by atoms with van der Waals surface area (Å²) in [4.78, 5) is 4.29. The van der Waals surface area contributed by atoms with E-state index in [-0.39, 0.29) is 12.1 Å². The van der Waals surface area contributed by atoms with Gasteiger partial charge in [-0.05, 0) is 56.4 Å². The zero-order valence-electron chi connectivity index (χ0n) is 15.1. The molecular formula is C18H22N6O2S. The summed E-state index contributed by atoms with van der Waals surface area (Å²) < 4.78 is 32.4. The number of sulfonamides is 1. The first-order valence-electron chi connectivity index (χ1n) is 9.00. The molecule has 1 aromatic carbocycles. The van der Waals surface area contributed by atoms with Crippen molar-refractivity contribution in [1.82, 2.24) is 29.3 Å². The second kappa shape index (κ2) is 7.24. The average Bonchev–Trinajstić information content (AvgIpc) is 3.36. The maximum atomic E-state index is 13.0. The Morgan fingerprint density at radius 2 is 1.96 bits per heavy atom. The Hall–Kier alpha value is -2.52. The monoisotopic (exact) mass is 386 g/mol. The van der Waals surface area contributed by atoms with Crippen LogP contribution < -0.4 is 4.72 Å². The van der Waals surface area contributed by atoms with Crippen molar-refractivity contribution < 1.29 is 8.42 Å². The van der Waals surface area contributed by atoms with E-state index in [4.69, 9.17) is 0 Å². The maximum Gasteiger partial charge on any atom is 0.241 e. The van der Waals surface area contributed by atoms with Gasteiger partial charge in [0, 0.05) is 18.4 Å². The molecule has 27 heavy (non-hydrogen) atoms. The van der Waals surface area contributed by atoms with Crippen LogP contribution in [0.25, 0.3) is 5.69 Å². The summed E-state index contributed by atoms with van der Waals surface area (Å²) in [6.45, 7) is 1.81. The summed E-state index contributed by atoms with van der Waals surface area (Å²) in [6, 6.07) is 7.38. The van der Waals surface area contributed by atoms with E-state index in [1.54, 1.807) is 35.5 Å². The molecule has 9 heteroatoms. The Morgan fingerprint density at radius 1 is 1.15 bits per heavy atom. The van der Waals surface area contributed by atoms with Gasteiger partial charge in [-0.15, -0.1) is 0 Å². The van der Waals surface area contributed by atoms with Crippen LogP contribution in [0.2, 0.25) is 0 Å². The van der Waals surface area contributed by atoms with E-state index < -0.39 is 10.0 Å². The molecule has 2 aromatic heterocycles. The van der Waals surface area contributed by atoms with Crippen molar-refractivity contribution in [3.8, 4) is 5.69 Å². The van der Waals surface area contributed by atoms with E-state index >= 15 is 0 Å². The number of rotatable bonds is 5. The van der Waals surface area contributed by atoms with Crippen LogP contribution in [0.1, 0.15) is 37.3 Å². The third-order valence-electron chi connectivity index (χ3n) is 5.06. The predicted molar refractivity (Wildman–Crippen MR) is 99.9 cm³/mol. The molecule has 1 N–H and O–H groups in total. The molecule has 2 heterocycles. The van der Waals surface area contributed by atoms with E-state index in [0.29, 0.717) is 4.90 Å². The first-order valence-corrected chi connectivity index (χ1v) is 10.5. The van der Waals surface area contributed by atoms with Gasteiger partial charge in [-0.1, -0.05) is 6.07 Å². The molecule has 0 bridgehead atoms. The lowest BCUT2D eigenvalue weighted by atomic mass is 9.92. The fraction of sp³-hybridized carbons (Fsp3) is 0.389. The van der Waals surface area contributed by atoms with Crippen LogP contribution in [0, 0.1) is 6.92 Å². The average molecular weight is 386 g/mol. The maximum absolute atomic E-state index is 13.0. The Kier molecular flexibility index (Phi) is 4.79. The van der Waals surface area contributed by atoms with Crippen LogP contribution in [-0.4, -0.2) is 39.0 Å². The molecule has 0 radical (unpaired) electrons. The van der Waals surface area contributed by atoms with Gasteiger partial charge < -0.3 is 0 Å². The molecule has 0 saturated heterocycles. The highest BCUT2D eigenvalue weighted by Gasteiger charge is 2.27. The number of aryl methyl sites for hydroxylation is 1. The van der Waals surface area contributed by atoms with E-state index in [0.717, 1.165) is 36.9 Å². The number of benzene rings is 1. The summed E-state index contributed by atoms with van der Waals surface area (Å²) in [6.07, 6.45) is 10.0. The first kappa shape index (κ1) is 17.9. The Labute approximate surface area is 158 Å². The van der Waals surface area contributed by atoms with Gasteiger partial charge in [0.15, 0.2) is 0 Å². The van der Waals surface area contributed by atoms with Crippen LogP contribution in [0.15, 0.2) is 54.2 Å². The summed E-state index contributed by atoms with van der Waals surface area (Å²) in [5.74, 6) is 0. The van der Waals surface area contributed by atoms with Gasteiger partial charge in [-0.2, -0.15) is 10.2 Å². The molecule has 1 fully saturated rings. The van der Waals surface area contributed by atoms with Crippen molar-refractivity contribution in [2.24, 2.45) is 0 Å². The van der Waals surface area contributed by atoms with Crippen LogP contribution in [0.3, 0.4) is 0 Å². The second-order valence-electron chi connectivity index (χ2n) is 6.90. The number of aromatic nitrogens is 5. The first-order chi connectivity index (χ1) is 13.0. The zero-order chi connectivity index (χ0) is 18.9. The van der Waals surface area contributed by atoms with E-state index in [1.807, 2.05) is 23.7 Å². The van der Waals surface area contributed by atoms with Gasteiger partial charge in [0.25, 0.3) is 0 Å². The van der Waals surface area contributed by atoms with Crippen molar-refractivity contribution in [3.05, 3.63) is 54.9 Å². The molecule has 8 nitrogen and oxygen atoms in total. The lowest BCUT2D eigenvalue weighted by molar-refractivity contribution is 0.293. The molecule has 1 saturated carbocycles. The number of hydrogen-bond acceptors (Lipinski definition) is 5. The van der Waals surface area contributed by atoms with E-state index in [2.05, 4.69) is 19.9 Å². The third kappa shape index (κ3) is 3.79. The van der Waals surface area contributed by atoms with Gasteiger partial charge in [-0.25, -0.2) is 27.5 Å².